The minimum absolute atomic E-state index is 0.152. The van der Waals surface area contributed by atoms with Crippen molar-refractivity contribution in [3.63, 3.8) is 0 Å². The molecule has 3 aromatic carbocycles. The average Bonchev–Trinajstić information content (AvgIpc) is 3.19. The zero-order chi connectivity index (χ0) is 17.7. The van der Waals surface area contributed by atoms with Gasteiger partial charge in [-0.2, -0.15) is 0 Å². The molecule has 5 rings (SSSR count). The summed E-state index contributed by atoms with van der Waals surface area (Å²) in [5, 5.41) is 1.48. The van der Waals surface area contributed by atoms with Gasteiger partial charge in [0.15, 0.2) is 5.50 Å². The van der Waals surface area contributed by atoms with Gasteiger partial charge in [0.2, 0.25) is 0 Å². The highest BCUT2D eigenvalue weighted by molar-refractivity contribution is 8.00. The topological polar surface area (TPSA) is 6.48 Å². The van der Waals surface area contributed by atoms with Gasteiger partial charge in [-0.15, -0.1) is 0 Å². The van der Waals surface area contributed by atoms with Crippen LogP contribution >= 0.6 is 35.0 Å². The molecule has 0 fully saturated rings. The van der Waals surface area contributed by atoms with Crippen molar-refractivity contribution in [1.29, 1.82) is 0 Å². The van der Waals surface area contributed by atoms with E-state index in [0.29, 0.717) is 0 Å². The molecule has 0 aliphatic carbocycles. The van der Waals surface area contributed by atoms with E-state index in [9.17, 15) is 0 Å². The molecule has 5 heteroatoms. The Morgan fingerprint density at radius 1 is 0.769 bits per heavy atom. The molecule has 0 saturated heterocycles. The molecule has 0 aromatic heterocycles. The molecule has 2 nitrogen and oxygen atoms in total. The van der Waals surface area contributed by atoms with Gasteiger partial charge in [-0.1, -0.05) is 59.2 Å². The Balaban J connectivity index is 1.64. The maximum absolute atomic E-state index is 6.11. The van der Waals surface area contributed by atoms with Crippen LogP contribution in [0.1, 0.15) is 5.56 Å². The van der Waals surface area contributed by atoms with E-state index in [1.807, 2.05) is 36.0 Å². The van der Waals surface area contributed by atoms with Crippen molar-refractivity contribution in [3.8, 4) is 0 Å². The Bertz CT molecular complexity index is 999. The smallest absolute Gasteiger partial charge is 0.163 e. The number of nitrogens with zero attached hydrogens (tertiary/aromatic N) is 2. The van der Waals surface area contributed by atoms with E-state index < -0.39 is 0 Å². The van der Waals surface area contributed by atoms with Crippen molar-refractivity contribution in [2.75, 3.05) is 9.80 Å². The van der Waals surface area contributed by atoms with Gasteiger partial charge >= 0.3 is 0 Å². The molecule has 0 N–H and O–H groups in total. The lowest BCUT2D eigenvalue weighted by Gasteiger charge is -2.29. The third-order valence-electron chi connectivity index (χ3n) is 4.60. The van der Waals surface area contributed by atoms with Crippen LogP contribution in [0, 0.1) is 0 Å². The van der Waals surface area contributed by atoms with Crippen LogP contribution in [0.2, 0.25) is 10.0 Å². The molecule has 128 valence electrons. The number of para-hydroxylation sites is 1. The molecular formula is C21H14Cl2N2S. The summed E-state index contributed by atoms with van der Waals surface area (Å²) in [6, 6.07) is 24.5. The summed E-state index contributed by atoms with van der Waals surface area (Å²) in [6.07, 6.45) is 2.22. The number of rotatable bonds is 2. The summed E-state index contributed by atoms with van der Waals surface area (Å²) in [5.41, 5.74) is 4.79. The normalized spacial score (nSPS) is 17.9. The largest absolute Gasteiger partial charge is 0.314 e. The monoisotopic (exact) mass is 396 g/mol. The van der Waals surface area contributed by atoms with Crippen LogP contribution < -0.4 is 9.80 Å². The molecule has 1 atom stereocenters. The van der Waals surface area contributed by atoms with Gasteiger partial charge in [0.05, 0.1) is 11.4 Å². The number of thioether (sulfide) groups is 1. The van der Waals surface area contributed by atoms with Crippen molar-refractivity contribution in [3.05, 3.63) is 94.6 Å². The standard InChI is InChI=1S/C21H14Cl2N2S/c22-15-7-5-14(6-8-15)19-13-24-18-3-1-2-4-20(18)26-21(24)25(19)17-11-9-16(23)10-12-17/h1-13,21H. The number of halogens is 2. The zero-order valence-electron chi connectivity index (χ0n) is 13.6. The summed E-state index contributed by atoms with van der Waals surface area (Å²) < 4.78 is 0. The Morgan fingerprint density at radius 3 is 2.15 bits per heavy atom. The fraction of sp³-hybridized carbons (Fsp3) is 0.0476. The zero-order valence-corrected chi connectivity index (χ0v) is 16.0. The molecule has 2 aliphatic rings. The van der Waals surface area contributed by atoms with Gasteiger partial charge in [-0.25, -0.2) is 0 Å². The second-order valence-electron chi connectivity index (χ2n) is 6.19. The highest BCUT2D eigenvalue weighted by Gasteiger charge is 2.40. The molecule has 1 unspecified atom stereocenters. The number of hydrogen-bond donors (Lipinski definition) is 0. The summed E-state index contributed by atoms with van der Waals surface area (Å²) in [7, 11) is 0. The fourth-order valence-corrected chi connectivity index (χ4v) is 4.94. The molecule has 3 aromatic rings. The SMILES string of the molecule is Clc1ccc(C2=CN3c4ccccc4SC3N2c2ccc(Cl)cc2)cc1. The number of benzene rings is 3. The van der Waals surface area contributed by atoms with Gasteiger partial charge in [-0.3, -0.25) is 0 Å². The van der Waals surface area contributed by atoms with Gasteiger partial charge in [-0.05, 0) is 54.1 Å². The van der Waals surface area contributed by atoms with Gasteiger partial charge in [0, 0.05) is 26.8 Å². The number of fused-ring (bicyclic) bond motifs is 3. The Morgan fingerprint density at radius 2 is 1.42 bits per heavy atom. The molecule has 0 radical (unpaired) electrons. The van der Waals surface area contributed by atoms with Crippen LogP contribution in [-0.4, -0.2) is 5.50 Å². The maximum atomic E-state index is 6.11. The van der Waals surface area contributed by atoms with Crippen LogP contribution in [0.3, 0.4) is 0 Å². The minimum Gasteiger partial charge on any atom is -0.314 e. The fourth-order valence-electron chi connectivity index (χ4n) is 3.39. The Hall–Kier alpha value is -2.07. The number of hydrogen-bond acceptors (Lipinski definition) is 3. The predicted octanol–water partition coefficient (Wildman–Crippen LogP) is 6.71. The van der Waals surface area contributed by atoms with Crippen LogP contribution in [0.4, 0.5) is 11.4 Å². The Kier molecular flexibility index (Phi) is 3.89. The Labute approximate surface area is 166 Å². The predicted molar refractivity (Wildman–Crippen MR) is 112 cm³/mol. The third kappa shape index (κ3) is 2.59. The van der Waals surface area contributed by atoms with Gasteiger partial charge in [0.1, 0.15) is 0 Å². The van der Waals surface area contributed by atoms with Gasteiger partial charge in [0.25, 0.3) is 0 Å². The lowest BCUT2D eigenvalue weighted by molar-refractivity contribution is 0.931. The lowest BCUT2D eigenvalue weighted by atomic mass is 10.1. The molecule has 2 aliphatic heterocycles. The molecule has 2 heterocycles. The van der Waals surface area contributed by atoms with E-state index in [4.69, 9.17) is 23.2 Å². The molecule has 0 bridgehead atoms. The summed E-state index contributed by atoms with van der Waals surface area (Å²) in [5.74, 6) is 0. The summed E-state index contributed by atoms with van der Waals surface area (Å²) >= 11 is 14.1. The van der Waals surface area contributed by atoms with Crippen LogP contribution in [0.15, 0.2) is 83.9 Å². The first-order chi connectivity index (χ1) is 12.7. The maximum Gasteiger partial charge on any atom is 0.163 e. The molecule has 0 spiro atoms. The van der Waals surface area contributed by atoms with Crippen molar-refractivity contribution < 1.29 is 0 Å². The molecular weight excluding hydrogens is 383 g/mol. The highest BCUT2D eigenvalue weighted by atomic mass is 35.5. The van der Waals surface area contributed by atoms with E-state index in [2.05, 4.69) is 64.5 Å². The van der Waals surface area contributed by atoms with Crippen LogP contribution in [-0.2, 0) is 0 Å². The average molecular weight is 397 g/mol. The first kappa shape index (κ1) is 16.1. The van der Waals surface area contributed by atoms with E-state index in [1.54, 1.807) is 0 Å². The summed E-state index contributed by atoms with van der Waals surface area (Å²) in [4.78, 5) is 5.98. The van der Waals surface area contributed by atoms with E-state index in [-0.39, 0.29) is 5.50 Å². The highest BCUT2D eigenvalue weighted by Crippen LogP contribution is 2.51. The molecule has 26 heavy (non-hydrogen) atoms. The molecule has 0 amide bonds. The van der Waals surface area contributed by atoms with E-state index >= 15 is 0 Å². The first-order valence-corrected chi connectivity index (χ1v) is 9.91. The number of anilines is 2. The van der Waals surface area contributed by atoms with Crippen molar-refractivity contribution in [2.24, 2.45) is 0 Å². The first-order valence-electron chi connectivity index (χ1n) is 8.27. The van der Waals surface area contributed by atoms with Crippen LogP contribution in [0.5, 0.6) is 0 Å². The van der Waals surface area contributed by atoms with Gasteiger partial charge < -0.3 is 9.80 Å². The van der Waals surface area contributed by atoms with E-state index in [0.717, 1.165) is 27.0 Å². The van der Waals surface area contributed by atoms with Crippen molar-refractivity contribution in [2.45, 2.75) is 10.4 Å². The molecule has 0 saturated carbocycles. The van der Waals surface area contributed by atoms with Crippen molar-refractivity contribution >= 4 is 52.0 Å². The van der Waals surface area contributed by atoms with Crippen molar-refractivity contribution in [1.82, 2.24) is 0 Å². The second kappa shape index (κ2) is 6.27. The second-order valence-corrected chi connectivity index (χ2v) is 8.16. The summed E-state index contributed by atoms with van der Waals surface area (Å²) in [6.45, 7) is 0. The van der Waals surface area contributed by atoms with E-state index in [1.165, 1.54) is 10.6 Å². The quantitative estimate of drug-likeness (QED) is 0.475. The minimum atomic E-state index is 0.152. The third-order valence-corrected chi connectivity index (χ3v) is 6.35. The van der Waals surface area contributed by atoms with Crippen LogP contribution in [0.25, 0.3) is 5.70 Å². The lowest BCUT2D eigenvalue weighted by Crippen LogP contribution is -2.34.